The van der Waals surface area contributed by atoms with Crippen LogP contribution in [0.4, 0.5) is 35.1 Å². The molecule has 2 aliphatic rings. The lowest BCUT2D eigenvalue weighted by Crippen LogP contribution is -2.64. The van der Waals surface area contributed by atoms with Gasteiger partial charge in [-0.3, -0.25) is 0 Å². The van der Waals surface area contributed by atoms with Crippen molar-refractivity contribution in [1.29, 1.82) is 0 Å². The second-order valence-electron chi connectivity index (χ2n) is 9.29. The number of hydrogen-bond acceptors (Lipinski definition) is 15. The van der Waals surface area contributed by atoms with E-state index in [1.165, 1.54) is 0 Å². The van der Waals surface area contributed by atoms with Gasteiger partial charge in [-0.2, -0.15) is 35.1 Å². The van der Waals surface area contributed by atoms with Crippen molar-refractivity contribution in [2.45, 2.75) is 97.6 Å². The van der Waals surface area contributed by atoms with E-state index in [0.29, 0.717) is 0 Å². The maximum absolute atomic E-state index is 13.9. The molecule has 2 rings (SSSR count). The molecule has 2 fully saturated rings. The molecule has 256 valence electrons. The zero-order valence-electron chi connectivity index (χ0n) is 21.1. The van der Waals surface area contributed by atoms with Gasteiger partial charge in [0.05, 0.1) is 19.8 Å². The van der Waals surface area contributed by atoms with Gasteiger partial charge in [0.25, 0.3) is 0 Å². The van der Waals surface area contributed by atoms with Crippen LogP contribution in [-0.2, 0) is 33.8 Å². The van der Waals surface area contributed by atoms with Crippen LogP contribution in [0.2, 0.25) is 0 Å². The van der Waals surface area contributed by atoms with Crippen molar-refractivity contribution < 1.29 is 108 Å². The van der Waals surface area contributed by atoms with Crippen LogP contribution in [0.1, 0.15) is 12.8 Å². The average Bonchev–Trinajstić information content (AvgIpc) is 2.88. The number of ether oxygens (including phenoxy) is 5. The molecule has 0 spiro atoms. The number of hydrogen-bond donors (Lipinski definition) is 7. The maximum atomic E-state index is 13.9. The molecule has 0 amide bonds. The van der Waals surface area contributed by atoms with Crippen LogP contribution >= 0.6 is 0 Å². The third-order valence-corrected chi connectivity index (χ3v) is 7.08. The van der Waals surface area contributed by atoms with E-state index in [-0.39, 0.29) is 0 Å². The Hall–Kier alpha value is -1.13. The second kappa shape index (κ2) is 13.7. The highest BCUT2D eigenvalue weighted by Gasteiger charge is 2.71. The Labute approximate surface area is 235 Å². The molecule has 4 unspecified atom stereocenters. The third-order valence-electron chi connectivity index (χ3n) is 6.21. The van der Waals surface area contributed by atoms with Crippen LogP contribution in [0.25, 0.3) is 0 Å². The number of alkyl halides is 8. The summed E-state index contributed by atoms with van der Waals surface area (Å²) in [6, 6.07) is 0. The first-order valence-corrected chi connectivity index (χ1v) is 13.2. The summed E-state index contributed by atoms with van der Waals surface area (Å²) >= 11 is 0. The molecule has 10 atom stereocenters. The lowest BCUT2D eigenvalue weighted by Gasteiger charge is -2.45. The van der Waals surface area contributed by atoms with Crippen LogP contribution in [0.3, 0.4) is 0 Å². The SMILES string of the molecule is O=S(=O)([O-])C(F)(F)C(F)(F)OC(F)(F)C(F)(F)CCCO[C@@H]1OC(CO)[C@H](O[C@@H]2OC(CO)[C@H](O)[C@H](O)C2O)[C@H](O)C1O. The monoisotopic (exact) mass is 679 g/mol. The van der Waals surface area contributed by atoms with Gasteiger partial charge < -0.3 is 59.2 Å². The largest absolute Gasteiger partial charge is 0.743 e. The van der Waals surface area contributed by atoms with E-state index < -0.39 is 128 Å². The van der Waals surface area contributed by atoms with Crippen LogP contribution in [0.5, 0.6) is 0 Å². The summed E-state index contributed by atoms with van der Waals surface area (Å²) in [4.78, 5) is 0. The molecule has 43 heavy (non-hydrogen) atoms. The molecule has 7 N–H and O–H groups in total. The van der Waals surface area contributed by atoms with Gasteiger partial charge in [0.1, 0.15) is 48.8 Å². The zero-order chi connectivity index (χ0) is 33.3. The molecule has 2 aliphatic heterocycles. The van der Waals surface area contributed by atoms with Gasteiger partial charge in [0.2, 0.25) is 0 Å². The number of aliphatic hydroxyl groups is 7. The summed E-state index contributed by atoms with van der Waals surface area (Å²) in [5.74, 6) is -5.70. The smallest absolute Gasteiger partial charge is 0.438 e. The first-order valence-electron chi connectivity index (χ1n) is 11.8. The summed E-state index contributed by atoms with van der Waals surface area (Å²) in [5, 5.41) is 62.3. The molecule has 0 aliphatic carbocycles. The number of aliphatic hydroxyl groups excluding tert-OH is 7. The Morgan fingerprint density at radius 2 is 1.23 bits per heavy atom. The van der Waals surface area contributed by atoms with Gasteiger partial charge in [-0.15, -0.1) is 0 Å². The van der Waals surface area contributed by atoms with Crippen molar-refractivity contribution in [2.24, 2.45) is 0 Å². The molecule has 0 aromatic heterocycles. The first-order chi connectivity index (χ1) is 19.5. The highest BCUT2D eigenvalue weighted by atomic mass is 32.2. The summed E-state index contributed by atoms with van der Waals surface area (Å²) in [7, 11) is -7.34. The van der Waals surface area contributed by atoms with Crippen molar-refractivity contribution in [3.8, 4) is 0 Å². The molecular formula is C19H27F8O15S-. The van der Waals surface area contributed by atoms with Gasteiger partial charge in [-0.05, 0) is 6.42 Å². The minimum atomic E-state index is -7.34. The highest BCUT2D eigenvalue weighted by molar-refractivity contribution is 7.86. The minimum Gasteiger partial charge on any atom is -0.743 e. The van der Waals surface area contributed by atoms with Crippen LogP contribution < -0.4 is 0 Å². The van der Waals surface area contributed by atoms with E-state index >= 15 is 0 Å². The molecule has 0 saturated carbocycles. The van der Waals surface area contributed by atoms with E-state index in [0.717, 1.165) is 0 Å². The fraction of sp³-hybridized carbons (Fsp3) is 1.00. The average molecular weight is 679 g/mol. The van der Waals surface area contributed by atoms with Crippen molar-refractivity contribution >= 4 is 10.1 Å². The molecule has 24 heteroatoms. The fourth-order valence-electron chi connectivity index (χ4n) is 3.77. The van der Waals surface area contributed by atoms with Gasteiger partial charge in [-0.25, -0.2) is 13.2 Å². The lowest BCUT2D eigenvalue weighted by molar-refractivity contribution is -0.456. The molecule has 0 aromatic rings. The van der Waals surface area contributed by atoms with Gasteiger partial charge in [0.15, 0.2) is 22.7 Å². The molecular weight excluding hydrogens is 652 g/mol. The Morgan fingerprint density at radius 1 is 0.721 bits per heavy atom. The Balaban J connectivity index is 2.00. The normalized spacial score (nSPS) is 35.3. The Morgan fingerprint density at radius 3 is 1.74 bits per heavy atom. The number of halogens is 8. The van der Waals surface area contributed by atoms with Gasteiger partial charge in [0, 0.05) is 6.42 Å². The van der Waals surface area contributed by atoms with Crippen LogP contribution in [0.15, 0.2) is 0 Å². The van der Waals surface area contributed by atoms with Crippen molar-refractivity contribution in [3.05, 3.63) is 0 Å². The quantitative estimate of drug-likeness (QED) is 0.0565. The standard InChI is InChI=1S/C19H28F8O15S/c20-16(21,17(22,23)42-18(24,25)19(26,27)43(35,36)37)2-1-3-38-14-12(34)10(32)13(7(5-29)40-14)41-15-11(33)9(31)8(30)6(4-28)39-15/h6-15,28-34H,1-5H2,(H,35,36,37)/p-1/t6?,7?,8-,9-,10+,11?,12?,13-,14+,15-/m0/s1. The van der Waals surface area contributed by atoms with E-state index in [1.54, 1.807) is 0 Å². The van der Waals surface area contributed by atoms with E-state index in [4.69, 9.17) is 18.9 Å². The molecule has 2 heterocycles. The maximum Gasteiger partial charge on any atom is 0.438 e. The predicted octanol–water partition coefficient (Wildman–Crippen LogP) is -2.62. The summed E-state index contributed by atoms with van der Waals surface area (Å²) in [6.45, 7) is -3.01. The molecule has 0 aromatic carbocycles. The topological polar surface area (TPSA) is 245 Å². The van der Waals surface area contributed by atoms with Gasteiger partial charge >= 0.3 is 23.4 Å². The first kappa shape index (κ1) is 38.1. The molecule has 0 radical (unpaired) electrons. The predicted molar refractivity (Wildman–Crippen MR) is 112 cm³/mol. The van der Waals surface area contributed by atoms with Crippen molar-refractivity contribution in [3.63, 3.8) is 0 Å². The molecule has 0 bridgehead atoms. The molecule has 15 nitrogen and oxygen atoms in total. The zero-order valence-corrected chi connectivity index (χ0v) is 22.0. The minimum absolute atomic E-state index is 0.870. The van der Waals surface area contributed by atoms with Crippen molar-refractivity contribution in [2.75, 3.05) is 19.8 Å². The van der Waals surface area contributed by atoms with Crippen molar-refractivity contribution in [1.82, 2.24) is 0 Å². The van der Waals surface area contributed by atoms with Crippen LogP contribution in [0, 0.1) is 0 Å². The highest BCUT2D eigenvalue weighted by Crippen LogP contribution is 2.48. The Bertz CT molecular complexity index is 1020. The molecule has 2 saturated heterocycles. The van der Waals surface area contributed by atoms with E-state index in [2.05, 4.69) is 4.74 Å². The van der Waals surface area contributed by atoms with Gasteiger partial charge in [-0.1, -0.05) is 0 Å². The van der Waals surface area contributed by atoms with Crippen LogP contribution in [-0.4, -0.2) is 153 Å². The summed E-state index contributed by atoms with van der Waals surface area (Å²) < 4.78 is 161. The summed E-state index contributed by atoms with van der Waals surface area (Å²) in [6.07, 6.45) is -35.6. The summed E-state index contributed by atoms with van der Waals surface area (Å²) in [5.41, 5.74) is 0. The number of rotatable bonds is 14. The van der Waals surface area contributed by atoms with E-state index in [1.807, 2.05) is 0 Å². The lowest BCUT2D eigenvalue weighted by atomic mass is 9.97. The van der Waals surface area contributed by atoms with E-state index in [9.17, 15) is 83.8 Å². The Kier molecular flexibility index (Phi) is 12.1. The third kappa shape index (κ3) is 8.00. The second-order valence-corrected chi connectivity index (χ2v) is 10.7. The fourth-order valence-corrected chi connectivity index (χ4v) is 4.11.